The van der Waals surface area contributed by atoms with E-state index in [-0.39, 0.29) is 34.0 Å². The molecular weight excluding hydrogens is 502 g/mol. The van der Waals surface area contributed by atoms with Crippen LogP contribution >= 0.6 is 11.8 Å². The van der Waals surface area contributed by atoms with Crippen molar-refractivity contribution in [3.05, 3.63) is 23.7 Å². The fraction of sp³-hybridized carbons (Fsp3) is 0.583. The largest absolute Gasteiger partial charge is 0.431 e. The zero-order valence-electron chi connectivity index (χ0n) is 21.1. The van der Waals surface area contributed by atoms with Gasteiger partial charge in [-0.2, -0.15) is 14.0 Å². The molecule has 37 heavy (non-hydrogen) atoms. The van der Waals surface area contributed by atoms with Crippen LogP contribution in [0, 0.1) is 11.3 Å². The Hall–Kier alpha value is -3.27. The third kappa shape index (κ3) is 4.41. The Morgan fingerprint density at radius 2 is 1.97 bits per heavy atom. The number of aromatic nitrogens is 4. The Morgan fingerprint density at radius 1 is 1.24 bits per heavy atom. The zero-order valence-corrected chi connectivity index (χ0v) is 21.9. The van der Waals surface area contributed by atoms with Crippen molar-refractivity contribution in [2.45, 2.75) is 56.9 Å². The Bertz CT molecular complexity index is 1270. The van der Waals surface area contributed by atoms with Gasteiger partial charge >= 0.3 is 6.61 Å². The molecule has 2 saturated heterocycles. The Morgan fingerprint density at radius 3 is 2.59 bits per heavy atom. The van der Waals surface area contributed by atoms with Crippen molar-refractivity contribution >= 4 is 35.1 Å². The van der Waals surface area contributed by atoms with Gasteiger partial charge in [-0.25, -0.2) is 9.97 Å². The van der Waals surface area contributed by atoms with Crippen molar-refractivity contribution in [1.82, 2.24) is 25.1 Å². The van der Waals surface area contributed by atoms with Gasteiger partial charge in [0.15, 0.2) is 11.6 Å². The quantitative estimate of drug-likeness (QED) is 0.572. The molecule has 5 rings (SSSR count). The Kier molecular flexibility index (Phi) is 6.34. The summed E-state index contributed by atoms with van der Waals surface area (Å²) in [5.41, 5.74) is 0.185. The molecular formula is C24H28F2N8O2S. The molecule has 3 aliphatic rings. The van der Waals surface area contributed by atoms with E-state index in [1.807, 2.05) is 11.8 Å². The normalized spacial score (nSPS) is 24.5. The number of rotatable bonds is 5. The van der Waals surface area contributed by atoms with Crippen LogP contribution in [0.1, 0.15) is 45.4 Å². The van der Waals surface area contributed by atoms with Crippen LogP contribution in [-0.4, -0.2) is 80.3 Å². The van der Waals surface area contributed by atoms with Crippen molar-refractivity contribution in [3.8, 4) is 11.8 Å². The molecule has 0 aromatic carbocycles. The number of nitriles is 1. The minimum Gasteiger partial charge on any atom is -0.431 e. The number of alkyl halides is 2. The summed E-state index contributed by atoms with van der Waals surface area (Å²) >= 11 is 1.72. The topological polar surface area (TPSA) is 111 Å². The average molecular weight is 531 g/mol. The fourth-order valence-corrected chi connectivity index (χ4v) is 6.31. The molecule has 0 saturated carbocycles. The van der Waals surface area contributed by atoms with Gasteiger partial charge in [0.1, 0.15) is 24.0 Å². The fourth-order valence-electron chi connectivity index (χ4n) is 5.25. The number of carbonyl (C=O) groups excluding carboxylic acids is 1. The smallest absolute Gasteiger partial charge is 0.387 e. The molecule has 1 amide bonds. The number of thioether (sulfide) groups is 1. The van der Waals surface area contributed by atoms with Crippen LogP contribution in [0.4, 0.5) is 26.2 Å². The van der Waals surface area contributed by atoms with Gasteiger partial charge in [0.05, 0.1) is 4.75 Å². The second-order valence-electron chi connectivity index (χ2n) is 10.4. The minimum absolute atomic E-state index is 0.0176. The predicted molar refractivity (Wildman–Crippen MR) is 134 cm³/mol. The number of hydrogen-bond acceptors (Lipinski definition) is 10. The first-order chi connectivity index (χ1) is 17.5. The van der Waals surface area contributed by atoms with E-state index in [0.717, 1.165) is 23.6 Å². The third-order valence-corrected chi connectivity index (χ3v) is 8.70. The number of halogens is 2. The number of nitrogens with zero attached hydrogens (tertiary/aromatic N) is 8. The maximum Gasteiger partial charge on any atom is 0.387 e. The van der Waals surface area contributed by atoms with Gasteiger partial charge in [-0.05, 0) is 26.0 Å². The van der Waals surface area contributed by atoms with Crippen molar-refractivity contribution in [2.24, 2.45) is 0 Å². The molecule has 10 nitrogen and oxygen atoms in total. The highest BCUT2D eigenvalue weighted by atomic mass is 32.2. The van der Waals surface area contributed by atoms with Crippen LogP contribution in [0.5, 0.6) is 5.75 Å². The van der Waals surface area contributed by atoms with Crippen molar-refractivity contribution < 1.29 is 18.3 Å². The van der Waals surface area contributed by atoms with Gasteiger partial charge in [0, 0.05) is 49.3 Å². The van der Waals surface area contributed by atoms with Gasteiger partial charge in [-0.15, -0.1) is 22.0 Å². The van der Waals surface area contributed by atoms with E-state index >= 15 is 0 Å². The van der Waals surface area contributed by atoms with Crippen LogP contribution < -0.4 is 14.5 Å². The molecule has 0 bridgehead atoms. The highest BCUT2D eigenvalue weighted by molar-refractivity contribution is 8.02. The first-order valence-electron chi connectivity index (χ1n) is 12.1. The van der Waals surface area contributed by atoms with Gasteiger partial charge < -0.3 is 19.4 Å². The van der Waals surface area contributed by atoms with Crippen LogP contribution in [0.15, 0.2) is 12.4 Å². The number of ether oxygens (including phenoxy) is 1. The molecule has 0 spiro atoms. The van der Waals surface area contributed by atoms with E-state index < -0.39 is 12.0 Å². The summed E-state index contributed by atoms with van der Waals surface area (Å²) in [6, 6.07) is 3.03. The lowest BCUT2D eigenvalue weighted by molar-refractivity contribution is -0.136. The zero-order chi connectivity index (χ0) is 26.5. The number of fused-ring (bicyclic) bond motifs is 1. The van der Waals surface area contributed by atoms with Crippen molar-refractivity contribution in [2.75, 3.05) is 41.7 Å². The van der Waals surface area contributed by atoms with Crippen LogP contribution in [0.3, 0.4) is 0 Å². The number of carbonyl (C=O) groups is 1. The number of hydrogen-bond donors (Lipinski definition) is 0. The summed E-state index contributed by atoms with van der Waals surface area (Å²) in [7, 11) is 0. The molecule has 0 N–H and O–H groups in total. The van der Waals surface area contributed by atoms with Crippen molar-refractivity contribution in [1.29, 1.82) is 5.26 Å². The summed E-state index contributed by atoms with van der Waals surface area (Å²) < 4.78 is 30.0. The van der Waals surface area contributed by atoms with E-state index in [0.29, 0.717) is 32.0 Å². The maximum absolute atomic E-state index is 13.2. The molecule has 5 heterocycles. The Labute approximate surface area is 218 Å². The van der Waals surface area contributed by atoms with E-state index in [4.69, 9.17) is 0 Å². The molecule has 2 aromatic heterocycles. The monoisotopic (exact) mass is 530 g/mol. The highest BCUT2D eigenvalue weighted by Gasteiger charge is 2.46. The maximum atomic E-state index is 13.2. The highest BCUT2D eigenvalue weighted by Crippen LogP contribution is 2.47. The molecule has 3 aliphatic heterocycles. The average Bonchev–Trinajstić information content (AvgIpc) is 3.12. The number of piperazine rings is 1. The molecule has 2 unspecified atom stereocenters. The van der Waals surface area contributed by atoms with Crippen LogP contribution in [0.2, 0.25) is 0 Å². The van der Waals surface area contributed by atoms with E-state index in [1.54, 1.807) is 22.7 Å². The lowest BCUT2D eigenvalue weighted by Crippen LogP contribution is -2.60. The van der Waals surface area contributed by atoms with E-state index in [1.165, 1.54) is 12.4 Å². The SMILES string of the molecule is CC1CN(c2ncnc3c2C(C)(C)CN3c2cc(OC(F)F)c(C#N)nn2)CCN1C(=O)C1(C)CCS1. The van der Waals surface area contributed by atoms with E-state index in [2.05, 4.69) is 50.6 Å². The minimum atomic E-state index is -3.10. The van der Waals surface area contributed by atoms with Gasteiger partial charge in [-0.1, -0.05) is 13.8 Å². The molecule has 13 heteroatoms. The molecule has 0 radical (unpaired) electrons. The van der Waals surface area contributed by atoms with E-state index in [9.17, 15) is 18.8 Å². The molecule has 0 aliphatic carbocycles. The first kappa shape index (κ1) is 25.4. The molecule has 2 fully saturated rings. The molecule has 2 aromatic rings. The lowest BCUT2D eigenvalue weighted by atomic mass is 9.87. The predicted octanol–water partition coefficient (Wildman–Crippen LogP) is 3.10. The van der Waals surface area contributed by atoms with Crippen LogP contribution in [0.25, 0.3) is 0 Å². The number of anilines is 3. The molecule has 2 atom stereocenters. The lowest BCUT2D eigenvalue weighted by Gasteiger charge is -2.46. The van der Waals surface area contributed by atoms with Gasteiger partial charge in [0.2, 0.25) is 11.6 Å². The summed E-state index contributed by atoms with van der Waals surface area (Å²) in [6.07, 6.45) is 2.39. The molecule has 196 valence electrons. The summed E-state index contributed by atoms with van der Waals surface area (Å²) in [5.74, 6) is 2.52. The second kappa shape index (κ2) is 9.24. The van der Waals surface area contributed by atoms with Gasteiger partial charge in [-0.3, -0.25) is 4.79 Å². The summed E-state index contributed by atoms with van der Waals surface area (Å²) in [6.45, 7) is 7.44. The van der Waals surface area contributed by atoms with Gasteiger partial charge in [0.25, 0.3) is 0 Å². The third-order valence-electron chi connectivity index (χ3n) is 7.28. The Balaban J connectivity index is 1.44. The number of amides is 1. The second-order valence-corrected chi connectivity index (χ2v) is 12.0. The standard InChI is InChI=1S/C24H28F2N8O2S/c1-14-11-32(6-7-33(14)21(35)24(4)5-8-37-24)19-18-20(29-13-28-19)34(12-23(18,2)3)17-9-16(36-22(25)26)15(10-27)30-31-17/h9,13-14,22H,5-8,11-12H2,1-4H3. The summed E-state index contributed by atoms with van der Waals surface area (Å²) in [5, 5.41) is 17.1. The first-order valence-corrected chi connectivity index (χ1v) is 13.1. The summed E-state index contributed by atoms with van der Waals surface area (Å²) in [4.78, 5) is 28.3. The van der Waals surface area contributed by atoms with Crippen molar-refractivity contribution in [3.63, 3.8) is 0 Å². The van der Waals surface area contributed by atoms with Crippen LogP contribution in [-0.2, 0) is 10.2 Å².